The summed E-state index contributed by atoms with van der Waals surface area (Å²) in [5.74, 6) is -0.396. The Balaban J connectivity index is 2.30. The third-order valence-corrected chi connectivity index (χ3v) is 3.49. The zero-order valence-corrected chi connectivity index (χ0v) is 12.2. The van der Waals surface area contributed by atoms with E-state index >= 15 is 0 Å². The summed E-state index contributed by atoms with van der Waals surface area (Å²) in [6, 6.07) is 5.25. The Morgan fingerprint density at radius 3 is 2.75 bits per heavy atom. The van der Waals surface area contributed by atoms with Gasteiger partial charge >= 0.3 is 5.97 Å². The Labute approximate surface area is 126 Å². The summed E-state index contributed by atoms with van der Waals surface area (Å²) in [4.78, 5) is 15.1. The highest BCUT2D eigenvalue weighted by Crippen LogP contribution is 2.23. The molecule has 20 heavy (non-hydrogen) atoms. The van der Waals surface area contributed by atoms with Crippen LogP contribution in [0, 0.1) is 6.92 Å². The van der Waals surface area contributed by atoms with Gasteiger partial charge in [0.15, 0.2) is 0 Å². The van der Waals surface area contributed by atoms with Gasteiger partial charge in [-0.2, -0.15) is 0 Å². The summed E-state index contributed by atoms with van der Waals surface area (Å²) in [5.41, 5.74) is 1.19. The number of halogens is 2. The molecule has 0 atom stereocenters. The van der Waals surface area contributed by atoms with Crippen molar-refractivity contribution in [3.63, 3.8) is 0 Å². The molecule has 0 spiro atoms. The van der Waals surface area contributed by atoms with Crippen molar-refractivity contribution >= 4 is 34.7 Å². The van der Waals surface area contributed by atoms with Crippen molar-refractivity contribution in [2.45, 2.75) is 13.5 Å². The van der Waals surface area contributed by atoms with Crippen LogP contribution in [0.5, 0.6) is 0 Å². The first kappa shape index (κ1) is 14.6. The standard InChI is InChI=1S/C14H12Cl2N2O2/c1-8(14(19)20)13-7-18(9(2)17-13)6-10-3-4-11(15)5-12(10)16/h3-5,7H,1,6H2,2H3,(H,19,20). The Hall–Kier alpha value is -1.78. The van der Waals surface area contributed by atoms with E-state index in [4.69, 9.17) is 28.3 Å². The molecule has 2 aromatic rings. The molecule has 1 N–H and O–H groups in total. The largest absolute Gasteiger partial charge is 0.478 e. The molecule has 1 heterocycles. The number of nitrogens with zero attached hydrogens (tertiary/aromatic N) is 2. The monoisotopic (exact) mass is 310 g/mol. The second-order valence-corrected chi connectivity index (χ2v) is 5.16. The summed E-state index contributed by atoms with van der Waals surface area (Å²) in [5, 5.41) is 10.0. The molecule has 0 unspecified atom stereocenters. The maximum atomic E-state index is 10.9. The van der Waals surface area contributed by atoms with Crippen molar-refractivity contribution < 1.29 is 9.90 Å². The lowest BCUT2D eigenvalue weighted by atomic mass is 10.2. The quantitative estimate of drug-likeness (QED) is 0.877. The average Bonchev–Trinajstić information content (AvgIpc) is 2.73. The second kappa shape index (κ2) is 5.69. The molecule has 0 radical (unpaired) electrons. The van der Waals surface area contributed by atoms with Gasteiger partial charge in [0.25, 0.3) is 0 Å². The van der Waals surface area contributed by atoms with Crippen LogP contribution in [0.3, 0.4) is 0 Å². The van der Waals surface area contributed by atoms with Crippen molar-refractivity contribution in [3.05, 3.63) is 58.1 Å². The molecule has 0 aliphatic carbocycles. The van der Waals surface area contributed by atoms with Gasteiger partial charge < -0.3 is 9.67 Å². The fourth-order valence-corrected chi connectivity index (χ4v) is 2.23. The molecule has 104 valence electrons. The summed E-state index contributed by atoms with van der Waals surface area (Å²) in [6.07, 6.45) is 1.65. The molecule has 2 rings (SSSR count). The number of imidazole rings is 1. The van der Waals surface area contributed by atoms with Gasteiger partial charge in [0.05, 0.1) is 17.8 Å². The van der Waals surface area contributed by atoms with Crippen molar-refractivity contribution in [1.82, 2.24) is 9.55 Å². The van der Waals surface area contributed by atoms with E-state index in [0.29, 0.717) is 28.1 Å². The van der Waals surface area contributed by atoms with Gasteiger partial charge in [-0.1, -0.05) is 35.8 Å². The fourth-order valence-electron chi connectivity index (χ4n) is 1.76. The normalized spacial score (nSPS) is 10.6. The topological polar surface area (TPSA) is 55.1 Å². The molecule has 0 aliphatic heterocycles. The van der Waals surface area contributed by atoms with E-state index in [1.165, 1.54) is 0 Å². The number of carboxylic acid groups (broad SMARTS) is 1. The number of aromatic nitrogens is 2. The lowest BCUT2D eigenvalue weighted by molar-refractivity contribution is -0.130. The van der Waals surface area contributed by atoms with E-state index in [-0.39, 0.29) is 5.57 Å². The Kier molecular flexibility index (Phi) is 4.16. The molecule has 0 saturated carbocycles. The minimum absolute atomic E-state index is 0.0333. The number of aliphatic carboxylic acids is 1. The van der Waals surface area contributed by atoms with E-state index in [1.807, 2.05) is 10.6 Å². The highest BCUT2D eigenvalue weighted by Gasteiger charge is 2.13. The van der Waals surface area contributed by atoms with E-state index in [0.717, 1.165) is 5.56 Å². The molecular weight excluding hydrogens is 299 g/mol. The van der Waals surface area contributed by atoms with Crippen molar-refractivity contribution in [3.8, 4) is 0 Å². The first-order valence-corrected chi connectivity index (χ1v) is 6.54. The molecule has 0 amide bonds. The van der Waals surface area contributed by atoms with Gasteiger partial charge in [-0.25, -0.2) is 9.78 Å². The van der Waals surface area contributed by atoms with Gasteiger partial charge in [0.1, 0.15) is 5.82 Å². The van der Waals surface area contributed by atoms with Crippen LogP contribution in [0.1, 0.15) is 17.1 Å². The minimum Gasteiger partial charge on any atom is -0.478 e. The Bertz CT molecular complexity index is 692. The van der Waals surface area contributed by atoms with Crippen molar-refractivity contribution in [2.24, 2.45) is 0 Å². The third-order valence-electron chi connectivity index (χ3n) is 2.90. The molecule has 4 nitrogen and oxygen atoms in total. The Morgan fingerprint density at radius 2 is 2.15 bits per heavy atom. The van der Waals surface area contributed by atoms with E-state index in [9.17, 15) is 4.79 Å². The SMILES string of the molecule is C=C(C(=O)O)c1cn(Cc2ccc(Cl)cc2Cl)c(C)n1. The van der Waals surface area contributed by atoms with E-state index in [2.05, 4.69) is 11.6 Å². The van der Waals surface area contributed by atoms with Crippen molar-refractivity contribution in [1.29, 1.82) is 0 Å². The van der Waals surface area contributed by atoms with Crippen LogP contribution in [0.4, 0.5) is 0 Å². The lowest BCUT2D eigenvalue weighted by Crippen LogP contribution is -2.01. The van der Waals surface area contributed by atoms with Crippen LogP contribution in [0.25, 0.3) is 5.57 Å². The zero-order valence-electron chi connectivity index (χ0n) is 10.7. The maximum Gasteiger partial charge on any atom is 0.337 e. The van der Waals surface area contributed by atoms with E-state index in [1.54, 1.807) is 25.3 Å². The summed E-state index contributed by atoms with van der Waals surface area (Å²) >= 11 is 12.0. The Morgan fingerprint density at radius 1 is 1.45 bits per heavy atom. The highest BCUT2D eigenvalue weighted by atomic mass is 35.5. The molecule has 0 bridgehead atoms. The van der Waals surface area contributed by atoms with E-state index < -0.39 is 5.97 Å². The lowest BCUT2D eigenvalue weighted by Gasteiger charge is -2.07. The van der Waals surface area contributed by atoms with Gasteiger partial charge in [-0.15, -0.1) is 0 Å². The second-order valence-electron chi connectivity index (χ2n) is 4.32. The third kappa shape index (κ3) is 3.03. The maximum absolute atomic E-state index is 10.9. The van der Waals surface area contributed by atoms with Crippen LogP contribution >= 0.6 is 23.2 Å². The first-order valence-electron chi connectivity index (χ1n) is 5.78. The smallest absolute Gasteiger partial charge is 0.337 e. The van der Waals surface area contributed by atoms with Crippen LogP contribution in [-0.2, 0) is 11.3 Å². The van der Waals surface area contributed by atoms with Gasteiger partial charge in [-0.3, -0.25) is 0 Å². The van der Waals surface area contributed by atoms with Crippen molar-refractivity contribution in [2.75, 3.05) is 0 Å². The number of carbonyl (C=O) groups is 1. The molecule has 1 aromatic carbocycles. The molecular formula is C14H12Cl2N2O2. The summed E-state index contributed by atoms with van der Waals surface area (Å²) in [6.45, 7) is 5.78. The van der Waals surface area contributed by atoms with Crippen LogP contribution in [-0.4, -0.2) is 20.6 Å². The molecule has 0 aliphatic rings. The summed E-state index contributed by atoms with van der Waals surface area (Å²) in [7, 11) is 0. The van der Waals surface area contributed by atoms with Gasteiger partial charge in [-0.05, 0) is 24.6 Å². The van der Waals surface area contributed by atoms with Crippen LogP contribution < -0.4 is 0 Å². The number of benzene rings is 1. The summed E-state index contributed by atoms with van der Waals surface area (Å²) < 4.78 is 1.82. The zero-order chi connectivity index (χ0) is 14.9. The minimum atomic E-state index is -1.08. The molecule has 0 fully saturated rings. The number of aryl methyl sites for hydroxylation is 1. The van der Waals surface area contributed by atoms with Gasteiger partial charge in [0.2, 0.25) is 0 Å². The average molecular weight is 311 g/mol. The molecule has 6 heteroatoms. The number of rotatable bonds is 4. The predicted molar refractivity (Wildman–Crippen MR) is 79.2 cm³/mol. The molecule has 0 saturated heterocycles. The fraction of sp³-hybridized carbons (Fsp3) is 0.143. The number of hydrogen-bond donors (Lipinski definition) is 1. The van der Waals surface area contributed by atoms with Crippen LogP contribution in [0.15, 0.2) is 31.0 Å². The highest BCUT2D eigenvalue weighted by molar-refractivity contribution is 6.35. The number of hydrogen-bond acceptors (Lipinski definition) is 2. The molecule has 1 aromatic heterocycles. The van der Waals surface area contributed by atoms with Crippen LogP contribution in [0.2, 0.25) is 10.0 Å². The predicted octanol–water partition coefficient (Wildman–Crippen LogP) is 3.64. The number of carboxylic acids is 1. The van der Waals surface area contributed by atoms with Gasteiger partial charge in [0, 0.05) is 16.2 Å². The first-order chi connectivity index (χ1) is 9.38.